The molecule has 1 aliphatic carbocycles. The predicted molar refractivity (Wildman–Crippen MR) is 101 cm³/mol. The predicted octanol–water partition coefficient (Wildman–Crippen LogP) is 1.76. The molecule has 4 aromatic rings. The fourth-order valence-electron chi connectivity index (χ4n) is 3.93. The molecule has 1 fully saturated rings. The van der Waals surface area contributed by atoms with E-state index in [0.29, 0.717) is 17.8 Å². The molecule has 1 saturated carbocycles. The van der Waals surface area contributed by atoms with Gasteiger partial charge in [-0.25, -0.2) is 14.8 Å². The number of rotatable bonds is 3. The highest BCUT2D eigenvalue weighted by Gasteiger charge is 2.31. The van der Waals surface area contributed by atoms with Crippen molar-refractivity contribution in [1.29, 1.82) is 0 Å². The Bertz CT molecular complexity index is 1180. The van der Waals surface area contributed by atoms with Gasteiger partial charge in [-0.2, -0.15) is 0 Å². The Morgan fingerprint density at radius 3 is 2.81 bits per heavy atom. The van der Waals surface area contributed by atoms with Crippen molar-refractivity contribution in [2.45, 2.75) is 18.9 Å². The SMILES string of the molecule is NCC1CC(n2cc(-c3ccc4[nH]c(=O)[nH]c4c3)c3c(N)ncnc32)C1. The number of benzene rings is 1. The number of nitrogens with zero attached hydrogens (tertiary/aromatic N) is 3. The molecule has 0 spiro atoms. The zero-order valence-electron chi connectivity index (χ0n) is 14.1. The maximum Gasteiger partial charge on any atom is 0.323 e. The number of aromatic nitrogens is 5. The van der Waals surface area contributed by atoms with Gasteiger partial charge in [0, 0.05) is 17.8 Å². The van der Waals surface area contributed by atoms with Gasteiger partial charge in [-0.1, -0.05) is 6.07 Å². The first-order valence-corrected chi connectivity index (χ1v) is 8.67. The van der Waals surface area contributed by atoms with Gasteiger partial charge in [0.05, 0.1) is 16.4 Å². The second-order valence-electron chi connectivity index (χ2n) is 6.97. The first-order chi connectivity index (χ1) is 12.6. The molecule has 1 aliphatic rings. The van der Waals surface area contributed by atoms with Crippen LogP contribution in [0.5, 0.6) is 0 Å². The molecule has 6 N–H and O–H groups in total. The number of anilines is 1. The number of nitrogens with one attached hydrogen (secondary N) is 2. The summed E-state index contributed by atoms with van der Waals surface area (Å²) in [4.78, 5) is 25.8. The molecule has 0 atom stereocenters. The Morgan fingerprint density at radius 1 is 1.19 bits per heavy atom. The van der Waals surface area contributed by atoms with E-state index in [1.165, 1.54) is 6.33 Å². The van der Waals surface area contributed by atoms with Crippen LogP contribution in [0.4, 0.5) is 5.82 Å². The molecule has 0 saturated heterocycles. The maximum atomic E-state index is 11.5. The van der Waals surface area contributed by atoms with Gasteiger partial charge in [-0.3, -0.25) is 0 Å². The summed E-state index contributed by atoms with van der Waals surface area (Å²) in [6, 6.07) is 6.19. The van der Waals surface area contributed by atoms with Crippen molar-refractivity contribution in [3.63, 3.8) is 0 Å². The molecular formula is C18H19N7O. The van der Waals surface area contributed by atoms with Crippen molar-refractivity contribution in [2.24, 2.45) is 11.7 Å². The molecule has 26 heavy (non-hydrogen) atoms. The fourth-order valence-corrected chi connectivity index (χ4v) is 3.93. The molecule has 0 bridgehead atoms. The van der Waals surface area contributed by atoms with E-state index in [1.54, 1.807) is 0 Å². The monoisotopic (exact) mass is 349 g/mol. The van der Waals surface area contributed by atoms with Gasteiger partial charge in [0.25, 0.3) is 0 Å². The fraction of sp³-hybridized carbons (Fsp3) is 0.278. The van der Waals surface area contributed by atoms with Gasteiger partial charge in [0.1, 0.15) is 17.8 Å². The highest BCUT2D eigenvalue weighted by molar-refractivity contribution is 6.01. The molecule has 8 heteroatoms. The number of nitrogen functional groups attached to an aromatic ring is 1. The maximum absolute atomic E-state index is 11.5. The molecule has 0 amide bonds. The van der Waals surface area contributed by atoms with Crippen LogP contribution in [0.2, 0.25) is 0 Å². The Morgan fingerprint density at radius 2 is 2.00 bits per heavy atom. The van der Waals surface area contributed by atoms with Gasteiger partial charge < -0.3 is 26.0 Å². The van der Waals surface area contributed by atoms with Crippen molar-refractivity contribution < 1.29 is 0 Å². The summed E-state index contributed by atoms with van der Waals surface area (Å²) in [6.07, 6.45) is 5.70. The highest BCUT2D eigenvalue weighted by atomic mass is 16.1. The summed E-state index contributed by atoms with van der Waals surface area (Å²) in [5.41, 5.74) is 16.1. The lowest BCUT2D eigenvalue weighted by atomic mass is 9.80. The Balaban J connectivity index is 1.70. The lowest BCUT2D eigenvalue weighted by Crippen LogP contribution is -2.31. The van der Waals surface area contributed by atoms with E-state index in [2.05, 4.69) is 30.7 Å². The van der Waals surface area contributed by atoms with Crippen LogP contribution in [-0.4, -0.2) is 31.0 Å². The van der Waals surface area contributed by atoms with Gasteiger partial charge >= 0.3 is 5.69 Å². The largest absolute Gasteiger partial charge is 0.383 e. The van der Waals surface area contributed by atoms with Gasteiger partial charge in [0.2, 0.25) is 0 Å². The number of nitrogens with two attached hydrogens (primary N) is 2. The smallest absolute Gasteiger partial charge is 0.323 e. The van der Waals surface area contributed by atoms with Crippen LogP contribution in [0, 0.1) is 5.92 Å². The second kappa shape index (κ2) is 5.43. The number of imidazole rings is 1. The molecule has 3 aromatic heterocycles. The molecule has 0 unspecified atom stereocenters. The lowest BCUT2D eigenvalue weighted by molar-refractivity contribution is 0.209. The summed E-state index contributed by atoms with van der Waals surface area (Å²) < 4.78 is 2.19. The van der Waals surface area contributed by atoms with E-state index in [1.807, 2.05) is 18.2 Å². The lowest BCUT2D eigenvalue weighted by Gasteiger charge is -2.35. The van der Waals surface area contributed by atoms with Crippen LogP contribution in [-0.2, 0) is 0 Å². The summed E-state index contributed by atoms with van der Waals surface area (Å²) in [6.45, 7) is 0.719. The molecule has 0 aliphatic heterocycles. The average Bonchev–Trinajstić information content (AvgIpc) is 3.14. The Hall–Kier alpha value is -3.13. The summed E-state index contributed by atoms with van der Waals surface area (Å²) in [7, 11) is 0. The number of hydrogen-bond acceptors (Lipinski definition) is 5. The molecule has 5 rings (SSSR count). The van der Waals surface area contributed by atoms with Gasteiger partial charge in [-0.05, 0) is 43.0 Å². The minimum Gasteiger partial charge on any atom is -0.383 e. The minimum atomic E-state index is -0.218. The van der Waals surface area contributed by atoms with Crippen LogP contribution in [0.25, 0.3) is 33.2 Å². The molecule has 8 nitrogen and oxygen atoms in total. The van der Waals surface area contributed by atoms with Crippen LogP contribution in [0.3, 0.4) is 0 Å². The average molecular weight is 349 g/mol. The standard InChI is InChI=1S/C18H19N7O/c19-6-9-3-11(4-9)25-7-12(15-16(20)21-8-22-17(15)25)10-1-2-13-14(5-10)24-18(26)23-13/h1-2,5,7-9,11H,3-4,6,19H2,(H2,20,21,22)(H2,23,24,26). The third-order valence-electron chi connectivity index (χ3n) is 5.40. The molecule has 1 aromatic carbocycles. The van der Waals surface area contributed by atoms with E-state index in [9.17, 15) is 4.79 Å². The van der Waals surface area contributed by atoms with Crippen LogP contribution in [0.1, 0.15) is 18.9 Å². The summed E-state index contributed by atoms with van der Waals surface area (Å²) in [5.74, 6) is 1.03. The first-order valence-electron chi connectivity index (χ1n) is 8.67. The Labute approximate surface area is 148 Å². The zero-order chi connectivity index (χ0) is 17.8. The molecular weight excluding hydrogens is 330 g/mol. The minimum absolute atomic E-state index is 0.218. The van der Waals surface area contributed by atoms with Crippen LogP contribution < -0.4 is 17.2 Å². The van der Waals surface area contributed by atoms with Gasteiger partial charge in [-0.15, -0.1) is 0 Å². The van der Waals surface area contributed by atoms with E-state index < -0.39 is 0 Å². The summed E-state index contributed by atoms with van der Waals surface area (Å²) in [5, 5.41) is 0.848. The van der Waals surface area contributed by atoms with Crippen molar-refractivity contribution in [1.82, 2.24) is 24.5 Å². The third kappa shape index (κ3) is 2.15. The number of aromatic amines is 2. The summed E-state index contributed by atoms with van der Waals surface area (Å²) >= 11 is 0. The van der Waals surface area contributed by atoms with Crippen molar-refractivity contribution in [3.05, 3.63) is 41.2 Å². The van der Waals surface area contributed by atoms with E-state index in [-0.39, 0.29) is 5.69 Å². The first kappa shape index (κ1) is 15.2. The third-order valence-corrected chi connectivity index (χ3v) is 5.40. The topological polar surface area (TPSA) is 131 Å². The van der Waals surface area contributed by atoms with E-state index in [4.69, 9.17) is 11.5 Å². The number of H-pyrrole nitrogens is 2. The van der Waals surface area contributed by atoms with E-state index in [0.717, 1.165) is 52.6 Å². The normalized spacial score (nSPS) is 19.9. The van der Waals surface area contributed by atoms with E-state index >= 15 is 0 Å². The molecule has 3 heterocycles. The van der Waals surface area contributed by atoms with Crippen molar-refractivity contribution >= 4 is 27.9 Å². The van der Waals surface area contributed by atoms with Crippen molar-refractivity contribution in [3.8, 4) is 11.1 Å². The second-order valence-corrected chi connectivity index (χ2v) is 6.97. The Kier molecular flexibility index (Phi) is 3.17. The van der Waals surface area contributed by atoms with Crippen LogP contribution >= 0.6 is 0 Å². The highest BCUT2D eigenvalue weighted by Crippen LogP contribution is 2.42. The number of hydrogen-bond donors (Lipinski definition) is 4. The van der Waals surface area contributed by atoms with Crippen LogP contribution in [0.15, 0.2) is 35.5 Å². The molecule has 132 valence electrons. The number of fused-ring (bicyclic) bond motifs is 2. The zero-order valence-corrected chi connectivity index (χ0v) is 14.1. The quantitative estimate of drug-likeness (QED) is 0.447. The van der Waals surface area contributed by atoms with Crippen molar-refractivity contribution in [2.75, 3.05) is 12.3 Å². The molecule has 0 radical (unpaired) electrons. The van der Waals surface area contributed by atoms with Gasteiger partial charge in [0.15, 0.2) is 0 Å².